The van der Waals surface area contributed by atoms with Crippen LogP contribution in [-0.2, 0) is 34.4 Å². The highest BCUT2D eigenvalue weighted by molar-refractivity contribution is 7.85. The van der Waals surface area contributed by atoms with Crippen LogP contribution in [0.3, 0.4) is 0 Å². The van der Waals surface area contributed by atoms with E-state index < -0.39 is 21.6 Å². The van der Waals surface area contributed by atoms with Crippen molar-refractivity contribution in [3.63, 3.8) is 0 Å². The van der Waals surface area contributed by atoms with Crippen LogP contribution in [0, 0.1) is 11.3 Å². The van der Waals surface area contributed by atoms with E-state index in [1.54, 1.807) is 12.1 Å². The van der Waals surface area contributed by atoms with E-state index in [0.29, 0.717) is 57.3 Å². The molecule has 2 saturated carbocycles. The number of aromatic nitrogens is 4. The van der Waals surface area contributed by atoms with Gasteiger partial charge < -0.3 is 30.5 Å². The van der Waals surface area contributed by atoms with Crippen LogP contribution < -0.4 is 20.3 Å². The predicted molar refractivity (Wildman–Crippen MR) is 181 cm³/mol. The summed E-state index contributed by atoms with van der Waals surface area (Å²) in [7, 11) is -2.14. The van der Waals surface area contributed by atoms with Crippen molar-refractivity contribution in [1.82, 2.24) is 19.9 Å². The summed E-state index contributed by atoms with van der Waals surface area (Å²) in [4.78, 5) is 21.2. The number of nitrogens with one attached hydrogen (secondary N) is 2. The van der Waals surface area contributed by atoms with E-state index in [-0.39, 0.29) is 35.7 Å². The molecule has 0 bridgehead atoms. The fraction of sp³-hybridized carbons (Fsp3) is 0.531. The molecule has 0 radical (unpaired) electrons. The highest BCUT2D eigenvalue weighted by Crippen LogP contribution is 2.42. The lowest BCUT2D eigenvalue weighted by atomic mass is 10.1. The molecule has 2 aliphatic carbocycles. The second-order valence-corrected chi connectivity index (χ2v) is 16.3. The summed E-state index contributed by atoms with van der Waals surface area (Å²) in [6, 6.07) is 9.31. The number of halogens is 1. The number of aryl methyl sites for hydroxylation is 2. The number of rotatable bonds is 9. The first kappa shape index (κ1) is 33.1. The van der Waals surface area contributed by atoms with E-state index >= 15 is 0 Å². The maximum atomic E-state index is 12.5. The zero-order valence-electron chi connectivity index (χ0n) is 26.3. The fourth-order valence-corrected chi connectivity index (χ4v) is 8.88. The Morgan fingerprint density at radius 1 is 0.875 bits per heavy atom. The number of anilines is 3. The van der Waals surface area contributed by atoms with Crippen LogP contribution in [0.5, 0.6) is 5.75 Å². The van der Waals surface area contributed by atoms with Crippen LogP contribution in [0.25, 0.3) is 0 Å². The topological polar surface area (TPSA) is 186 Å². The highest BCUT2D eigenvalue weighted by Gasteiger charge is 2.45. The molecule has 2 aromatic heterocycles. The van der Waals surface area contributed by atoms with Crippen molar-refractivity contribution in [2.75, 3.05) is 53.3 Å². The number of aliphatic hydroxyl groups excluding tert-OH is 2. The van der Waals surface area contributed by atoms with Crippen LogP contribution in [0.1, 0.15) is 55.5 Å². The van der Waals surface area contributed by atoms with Gasteiger partial charge in [-0.15, -0.1) is 0 Å². The standard InChI is InChI=1S/C22H25N5O3S.C10H12ClN3O2S/c23-13-15-1-3-16(4-2-15)30-17-5-10-27(11-6-17)21-24-18-7-12-31(29)19(18)20(25-21)26-22(14-28)8-9-22;11-9-12-6-1-4-17(16)7(6)8(13-9)14-10(5-15)2-3-10/h1-4,17,28H,5-12,14H2,(H,24,25,26);15H,1-5H2,(H,12,13,14). The van der Waals surface area contributed by atoms with Gasteiger partial charge in [-0.25, -0.2) is 9.97 Å². The molecule has 48 heavy (non-hydrogen) atoms. The van der Waals surface area contributed by atoms with Gasteiger partial charge in [0.25, 0.3) is 0 Å². The summed E-state index contributed by atoms with van der Waals surface area (Å²) in [6.07, 6.45) is 6.73. The molecule has 3 aromatic rings. The maximum absolute atomic E-state index is 12.5. The third-order valence-corrected chi connectivity index (χ3v) is 12.5. The van der Waals surface area contributed by atoms with E-state index in [4.69, 9.17) is 31.6 Å². The van der Waals surface area contributed by atoms with E-state index in [1.165, 1.54) is 0 Å². The van der Waals surface area contributed by atoms with E-state index in [9.17, 15) is 18.6 Å². The molecule has 2 atom stereocenters. The molecule has 0 spiro atoms. The summed E-state index contributed by atoms with van der Waals surface area (Å²) in [5, 5.41) is 34.6. The van der Waals surface area contributed by atoms with E-state index in [2.05, 4.69) is 31.6 Å². The van der Waals surface area contributed by atoms with Crippen molar-refractivity contribution in [2.45, 2.75) is 78.3 Å². The first-order valence-corrected chi connectivity index (χ1v) is 19.2. The molecule has 4 N–H and O–H groups in total. The summed E-state index contributed by atoms with van der Waals surface area (Å²) in [5.41, 5.74) is 1.62. The Hall–Kier alpha value is -3.42. The van der Waals surface area contributed by atoms with E-state index in [0.717, 1.165) is 68.8 Å². The molecule has 1 saturated heterocycles. The van der Waals surface area contributed by atoms with Gasteiger partial charge in [0, 0.05) is 50.3 Å². The summed E-state index contributed by atoms with van der Waals surface area (Å²) < 4.78 is 30.5. The van der Waals surface area contributed by atoms with Crippen LogP contribution in [0.4, 0.5) is 17.6 Å². The number of piperidine rings is 1. The van der Waals surface area contributed by atoms with Crippen molar-refractivity contribution in [3.05, 3.63) is 46.5 Å². The van der Waals surface area contributed by atoms with Crippen molar-refractivity contribution in [1.29, 1.82) is 5.26 Å². The molecule has 16 heteroatoms. The summed E-state index contributed by atoms with van der Waals surface area (Å²) in [5.74, 6) is 3.74. The lowest BCUT2D eigenvalue weighted by Gasteiger charge is -2.32. The van der Waals surface area contributed by atoms with Crippen molar-refractivity contribution in [2.24, 2.45) is 0 Å². The normalized spacial score (nSPS) is 22.8. The first-order valence-electron chi connectivity index (χ1n) is 16.2. The van der Waals surface area contributed by atoms with Gasteiger partial charge in [-0.3, -0.25) is 8.42 Å². The zero-order chi connectivity index (χ0) is 33.5. The van der Waals surface area contributed by atoms with Crippen molar-refractivity contribution >= 4 is 50.8 Å². The van der Waals surface area contributed by atoms with E-state index in [1.807, 2.05) is 12.1 Å². The molecule has 0 amide bonds. The number of aliphatic hydroxyl groups is 2. The Morgan fingerprint density at radius 2 is 1.42 bits per heavy atom. The largest absolute Gasteiger partial charge is 0.490 e. The van der Waals surface area contributed by atoms with Gasteiger partial charge >= 0.3 is 0 Å². The number of nitriles is 1. The molecule has 8 rings (SSSR count). The minimum atomic E-state index is -1.09. The zero-order valence-corrected chi connectivity index (χ0v) is 28.7. The lowest BCUT2D eigenvalue weighted by molar-refractivity contribution is 0.170. The average molecular weight is 713 g/mol. The van der Waals surface area contributed by atoms with Gasteiger partial charge in [0.15, 0.2) is 0 Å². The second-order valence-electron chi connectivity index (χ2n) is 12.9. The Balaban J connectivity index is 0.000000180. The molecule has 5 heterocycles. The Kier molecular flexibility index (Phi) is 9.29. The maximum Gasteiger partial charge on any atom is 0.227 e. The molecule has 5 aliphatic rings. The van der Waals surface area contributed by atoms with Gasteiger partial charge in [0.1, 0.15) is 33.3 Å². The van der Waals surface area contributed by atoms with Gasteiger partial charge in [-0.1, -0.05) is 0 Å². The number of benzene rings is 1. The minimum absolute atomic E-state index is 0.0474. The molecule has 254 valence electrons. The molecule has 2 unspecified atom stereocenters. The first-order chi connectivity index (χ1) is 23.2. The Bertz CT molecular complexity index is 1790. The monoisotopic (exact) mass is 712 g/mol. The van der Waals surface area contributed by atoms with Gasteiger partial charge in [0.05, 0.1) is 68.9 Å². The predicted octanol–water partition coefficient (Wildman–Crippen LogP) is 2.73. The van der Waals surface area contributed by atoms with Crippen LogP contribution in [0.2, 0.25) is 5.28 Å². The molecule has 13 nitrogen and oxygen atoms in total. The van der Waals surface area contributed by atoms with Crippen LogP contribution >= 0.6 is 11.6 Å². The number of nitrogens with zero attached hydrogens (tertiary/aromatic N) is 6. The molecular formula is C32H37ClN8O5S2. The smallest absolute Gasteiger partial charge is 0.227 e. The number of fused-ring (bicyclic) bond motifs is 2. The fourth-order valence-electron chi connectivity index (χ4n) is 6.09. The quantitative estimate of drug-likeness (QED) is 0.238. The Morgan fingerprint density at radius 3 is 1.94 bits per heavy atom. The average Bonchev–Trinajstić information content (AvgIpc) is 3.99. The number of ether oxygens (including phenoxy) is 1. The Labute approximate surface area is 288 Å². The SMILES string of the molecule is N#Cc1ccc(OC2CCN(c3nc4c(c(NC5(CO)CC5)n3)S(=O)CC4)CC2)cc1.O=S1CCc2nc(Cl)nc(NC3(CO)CC3)c21. The summed E-state index contributed by atoms with van der Waals surface area (Å²) >= 11 is 5.85. The number of hydrogen-bond acceptors (Lipinski definition) is 13. The third-order valence-electron chi connectivity index (χ3n) is 9.43. The molecule has 1 aromatic carbocycles. The third kappa shape index (κ3) is 7.00. The van der Waals surface area contributed by atoms with Crippen molar-refractivity contribution in [3.8, 4) is 11.8 Å². The summed E-state index contributed by atoms with van der Waals surface area (Å²) in [6.45, 7) is 1.64. The van der Waals surface area contributed by atoms with Gasteiger partial charge in [-0.2, -0.15) is 15.2 Å². The van der Waals surface area contributed by atoms with Crippen molar-refractivity contribution < 1.29 is 23.4 Å². The highest BCUT2D eigenvalue weighted by atomic mass is 35.5. The minimum Gasteiger partial charge on any atom is -0.490 e. The molecule has 3 aliphatic heterocycles. The van der Waals surface area contributed by atoms with Crippen LogP contribution in [-0.4, -0.2) is 93.6 Å². The lowest BCUT2D eigenvalue weighted by Crippen LogP contribution is -2.39. The van der Waals surface area contributed by atoms with Crippen LogP contribution in [0.15, 0.2) is 34.1 Å². The molecule has 3 fully saturated rings. The van der Waals surface area contributed by atoms with Gasteiger partial charge in [0.2, 0.25) is 11.2 Å². The number of hydrogen-bond donors (Lipinski definition) is 4. The molecular weight excluding hydrogens is 676 g/mol. The van der Waals surface area contributed by atoms with Gasteiger partial charge in [-0.05, 0) is 61.5 Å². The second kappa shape index (κ2) is 13.5.